The van der Waals surface area contributed by atoms with Gasteiger partial charge in [0.25, 0.3) is 0 Å². The van der Waals surface area contributed by atoms with Gasteiger partial charge in [-0.15, -0.1) is 0 Å². The van der Waals surface area contributed by atoms with Gasteiger partial charge < -0.3 is 10.3 Å². The molecule has 0 aliphatic heterocycles. The summed E-state index contributed by atoms with van der Waals surface area (Å²) in [5.41, 5.74) is 11.0. The van der Waals surface area contributed by atoms with Gasteiger partial charge in [-0.05, 0) is 56.1 Å². The van der Waals surface area contributed by atoms with Crippen molar-refractivity contribution >= 4 is 10.9 Å². The Bertz CT molecular complexity index is 802. The summed E-state index contributed by atoms with van der Waals surface area (Å²) in [4.78, 5) is 0. The molecule has 1 unspecified atom stereocenters. The number of fused-ring (bicyclic) bond motifs is 1. The van der Waals surface area contributed by atoms with E-state index >= 15 is 0 Å². The van der Waals surface area contributed by atoms with Crippen molar-refractivity contribution in [3.63, 3.8) is 0 Å². The van der Waals surface area contributed by atoms with Crippen LogP contribution >= 0.6 is 0 Å². The quantitative estimate of drug-likeness (QED) is 0.744. The summed E-state index contributed by atoms with van der Waals surface area (Å²) in [7, 11) is 0. The van der Waals surface area contributed by atoms with Crippen molar-refractivity contribution in [3.05, 3.63) is 71.2 Å². The van der Waals surface area contributed by atoms with Gasteiger partial charge in [0, 0.05) is 29.1 Å². The summed E-state index contributed by atoms with van der Waals surface area (Å²) in [5.74, 6) is -0.00583. The maximum Gasteiger partial charge on any atom is 0.123 e. The molecular weight excluding hydrogens is 287 g/mol. The lowest BCUT2D eigenvalue weighted by molar-refractivity contribution is 0.623. The summed E-state index contributed by atoms with van der Waals surface area (Å²) < 4.78 is 15.5. The molecule has 23 heavy (non-hydrogen) atoms. The topological polar surface area (TPSA) is 30.9 Å². The maximum absolute atomic E-state index is 13.2. The lowest BCUT2D eigenvalue weighted by atomic mass is 9.91. The second-order valence-corrected chi connectivity index (χ2v) is 6.01. The Hall–Kier alpha value is -2.13. The molecule has 3 rings (SSSR count). The van der Waals surface area contributed by atoms with Gasteiger partial charge in [-0.3, -0.25) is 0 Å². The number of para-hydroxylation sites is 1. The van der Waals surface area contributed by atoms with Gasteiger partial charge in [-0.2, -0.15) is 0 Å². The lowest BCUT2D eigenvalue weighted by Gasteiger charge is -2.16. The molecule has 2 nitrogen and oxygen atoms in total. The van der Waals surface area contributed by atoms with Crippen LogP contribution in [0.15, 0.2) is 48.5 Å². The predicted molar refractivity (Wildman–Crippen MR) is 94.2 cm³/mol. The van der Waals surface area contributed by atoms with Gasteiger partial charge in [0.2, 0.25) is 0 Å². The van der Waals surface area contributed by atoms with E-state index in [2.05, 4.69) is 42.7 Å². The standard InChI is InChI=1S/C20H23FN2/c1-3-23-14(2)19(18-6-4-5-7-20(18)23)12-16(13-22)15-8-10-17(21)11-9-15/h4-11,16H,3,12-13,22H2,1-2H3. The van der Waals surface area contributed by atoms with E-state index in [0.29, 0.717) is 6.54 Å². The molecule has 0 saturated heterocycles. The molecule has 0 fully saturated rings. The van der Waals surface area contributed by atoms with Gasteiger partial charge >= 0.3 is 0 Å². The minimum absolute atomic E-state index is 0.199. The fourth-order valence-corrected chi connectivity index (χ4v) is 3.49. The zero-order valence-corrected chi connectivity index (χ0v) is 13.7. The van der Waals surface area contributed by atoms with Crippen LogP contribution in [0.1, 0.15) is 29.7 Å². The molecule has 0 amide bonds. The molecule has 120 valence electrons. The zero-order valence-electron chi connectivity index (χ0n) is 13.7. The summed E-state index contributed by atoms with van der Waals surface area (Å²) in [6.45, 7) is 5.85. The Kier molecular flexibility index (Phi) is 4.49. The van der Waals surface area contributed by atoms with Crippen molar-refractivity contribution in [2.24, 2.45) is 5.73 Å². The minimum atomic E-state index is -0.205. The highest BCUT2D eigenvalue weighted by Gasteiger charge is 2.18. The molecule has 2 aromatic carbocycles. The number of aryl methyl sites for hydroxylation is 1. The fraction of sp³-hybridized carbons (Fsp3) is 0.300. The third kappa shape index (κ3) is 2.89. The number of aromatic nitrogens is 1. The molecule has 3 heteroatoms. The summed E-state index contributed by atoms with van der Waals surface area (Å²) in [6.07, 6.45) is 0.876. The Labute approximate surface area is 136 Å². The summed E-state index contributed by atoms with van der Waals surface area (Å²) >= 11 is 0. The number of halogens is 1. The molecule has 2 N–H and O–H groups in total. The van der Waals surface area contributed by atoms with E-state index in [1.807, 2.05) is 12.1 Å². The predicted octanol–water partition coefficient (Wildman–Crippen LogP) is 4.39. The zero-order chi connectivity index (χ0) is 16.4. The highest BCUT2D eigenvalue weighted by Crippen LogP contribution is 2.30. The van der Waals surface area contributed by atoms with Crippen LogP contribution < -0.4 is 5.73 Å². The molecule has 0 bridgehead atoms. The molecule has 3 aromatic rings. The number of rotatable bonds is 5. The Balaban J connectivity index is 2.03. The van der Waals surface area contributed by atoms with Crippen LogP contribution in [-0.2, 0) is 13.0 Å². The van der Waals surface area contributed by atoms with E-state index in [-0.39, 0.29) is 11.7 Å². The van der Waals surface area contributed by atoms with Gasteiger partial charge in [-0.1, -0.05) is 30.3 Å². The number of hydrogen-bond acceptors (Lipinski definition) is 1. The van der Waals surface area contributed by atoms with Crippen molar-refractivity contribution in [1.82, 2.24) is 4.57 Å². The lowest BCUT2D eigenvalue weighted by Crippen LogP contribution is -2.15. The molecule has 0 aliphatic carbocycles. The van der Waals surface area contributed by atoms with Gasteiger partial charge in [-0.25, -0.2) is 4.39 Å². The molecular formula is C20H23FN2. The van der Waals surface area contributed by atoms with Crippen LogP contribution in [0, 0.1) is 12.7 Å². The van der Waals surface area contributed by atoms with Crippen LogP contribution in [0.5, 0.6) is 0 Å². The van der Waals surface area contributed by atoms with Crippen LogP contribution in [0.3, 0.4) is 0 Å². The molecule has 0 spiro atoms. The number of nitrogens with two attached hydrogens (primary N) is 1. The normalized spacial score (nSPS) is 12.7. The van der Waals surface area contributed by atoms with E-state index in [1.54, 1.807) is 0 Å². The molecule has 1 atom stereocenters. The number of nitrogens with zero attached hydrogens (tertiary/aromatic N) is 1. The van der Waals surface area contributed by atoms with Crippen LogP contribution in [0.4, 0.5) is 4.39 Å². The first-order valence-corrected chi connectivity index (χ1v) is 8.18. The van der Waals surface area contributed by atoms with E-state index < -0.39 is 0 Å². The van der Waals surface area contributed by atoms with Gasteiger partial charge in [0.05, 0.1) is 0 Å². The molecule has 0 saturated carbocycles. The smallest absolute Gasteiger partial charge is 0.123 e. The van der Waals surface area contributed by atoms with Crippen molar-refractivity contribution in [1.29, 1.82) is 0 Å². The van der Waals surface area contributed by atoms with Gasteiger partial charge in [0.1, 0.15) is 5.82 Å². The first-order chi connectivity index (χ1) is 11.2. The average Bonchev–Trinajstić information content (AvgIpc) is 2.85. The third-order valence-electron chi connectivity index (χ3n) is 4.75. The minimum Gasteiger partial charge on any atom is -0.345 e. The highest BCUT2D eigenvalue weighted by atomic mass is 19.1. The summed E-state index contributed by atoms with van der Waals surface area (Å²) in [6, 6.07) is 15.2. The fourth-order valence-electron chi connectivity index (χ4n) is 3.49. The number of benzene rings is 2. The van der Waals surface area contributed by atoms with Crippen molar-refractivity contribution in [2.75, 3.05) is 6.54 Å². The first-order valence-electron chi connectivity index (χ1n) is 8.18. The second kappa shape index (κ2) is 6.55. The second-order valence-electron chi connectivity index (χ2n) is 6.01. The molecule has 1 heterocycles. The molecule has 1 aromatic heterocycles. The van der Waals surface area contributed by atoms with E-state index in [1.165, 1.54) is 34.3 Å². The highest BCUT2D eigenvalue weighted by molar-refractivity contribution is 5.85. The number of hydrogen-bond donors (Lipinski definition) is 1. The Morgan fingerprint density at radius 1 is 1.09 bits per heavy atom. The average molecular weight is 310 g/mol. The van der Waals surface area contributed by atoms with Crippen LogP contribution in [-0.4, -0.2) is 11.1 Å². The van der Waals surface area contributed by atoms with Crippen LogP contribution in [0.25, 0.3) is 10.9 Å². The van der Waals surface area contributed by atoms with E-state index in [4.69, 9.17) is 5.73 Å². The van der Waals surface area contributed by atoms with Crippen molar-refractivity contribution in [3.8, 4) is 0 Å². The van der Waals surface area contributed by atoms with E-state index in [0.717, 1.165) is 18.5 Å². The monoisotopic (exact) mass is 310 g/mol. The Morgan fingerprint density at radius 3 is 2.43 bits per heavy atom. The van der Waals surface area contributed by atoms with Crippen molar-refractivity contribution in [2.45, 2.75) is 32.7 Å². The van der Waals surface area contributed by atoms with Crippen LogP contribution in [0.2, 0.25) is 0 Å². The maximum atomic E-state index is 13.2. The summed E-state index contributed by atoms with van der Waals surface area (Å²) in [5, 5.41) is 1.30. The third-order valence-corrected chi connectivity index (χ3v) is 4.75. The Morgan fingerprint density at radius 2 is 1.78 bits per heavy atom. The van der Waals surface area contributed by atoms with E-state index in [9.17, 15) is 4.39 Å². The SMILES string of the molecule is CCn1c(C)c(CC(CN)c2ccc(F)cc2)c2ccccc21. The molecule has 0 radical (unpaired) electrons. The first kappa shape index (κ1) is 15.8. The van der Waals surface area contributed by atoms with Crippen molar-refractivity contribution < 1.29 is 4.39 Å². The largest absolute Gasteiger partial charge is 0.345 e. The molecule has 0 aliphatic rings. The van der Waals surface area contributed by atoms with Gasteiger partial charge in [0.15, 0.2) is 0 Å².